The zero-order valence-corrected chi connectivity index (χ0v) is 46.0. The van der Waals surface area contributed by atoms with Crippen molar-refractivity contribution in [1.29, 1.82) is 0 Å². The molecule has 3 amide bonds. The number of hydrogen-bond donors (Lipinski definition) is 3. The summed E-state index contributed by atoms with van der Waals surface area (Å²) in [5, 5.41) is 26.4. The fourth-order valence-electron chi connectivity index (χ4n) is 3.40. The van der Waals surface area contributed by atoms with E-state index in [9.17, 15) is 36.5 Å². The van der Waals surface area contributed by atoms with Crippen LogP contribution in [-0.4, -0.2) is 70.0 Å². The molecule has 6 N–H and O–H groups in total. The van der Waals surface area contributed by atoms with Gasteiger partial charge in [-0.05, 0) is 44.4 Å². The fraction of sp³-hybridized carbons (Fsp3) is 0.781. The number of rotatable bonds is 12. The van der Waals surface area contributed by atoms with Crippen molar-refractivity contribution in [3.05, 3.63) is 12.2 Å². The van der Waals surface area contributed by atoms with E-state index in [4.69, 9.17) is 16.8 Å². The molecule has 0 aromatic rings. The van der Waals surface area contributed by atoms with E-state index in [2.05, 4.69) is 85.0 Å². The van der Waals surface area contributed by atoms with Crippen molar-refractivity contribution in [2.75, 3.05) is 24.4 Å². The number of allylic oxidation sites excluding steroid dienone is 2. The molecule has 22 heteroatoms. The van der Waals surface area contributed by atoms with Crippen molar-refractivity contribution in [2.45, 2.75) is 118 Å². The SMILES string of the molecule is BrBr.C/C=C\C[C@H](C)CS(N)(=O)=NC(C)=O.CC#CC[C@H](C)CS(N)(=O)=NC(C)=O.CC(=O)N=S(N)(=O)C[C@@H](C)CC(Br)C(C)Br.CC(C)(C)[O-].[2H]CF.[K+]. The summed E-state index contributed by atoms with van der Waals surface area (Å²) in [4.78, 5) is 32.6. The summed E-state index contributed by atoms with van der Waals surface area (Å²) < 4.78 is 60.5. The van der Waals surface area contributed by atoms with Crippen molar-refractivity contribution < 1.29 is 89.3 Å². The molecule has 0 saturated carbocycles. The Labute approximate surface area is 403 Å². The topological polar surface area (TPSA) is 241 Å². The maximum absolute atomic E-state index is 11.7. The summed E-state index contributed by atoms with van der Waals surface area (Å²) in [6.07, 6.45) is 6.16. The third-order valence-corrected chi connectivity index (χ3v) is 12.3. The molecule has 0 aliphatic rings. The van der Waals surface area contributed by atoms with Crippen molar-refractivity contribution in [1.82, 2.24) is 0 Å². The molecule has 54 heavy (non-hydrogen) atoms. The van der Waals surface area contributed by atoms with Gasteiger partial charge in [0.25, 0.3) is 17.7 Å². The number of amides is 3. The smallest absolute Gasteiger partial charge is 0.850 e. The Morgan fingerprint density at radius 2 is 1.13 bits per heavy atom. The molecule has 0 heterocycles. The van der Waals surface area contributed by atoms with Gasteiger partial charge >= 0.3 is 51.4 Å². The number of halogens is 5. The Bertz CT molecular complexity index is 1520. The molecule has 0 aliphatic carbocycles. The van der Waals surface area contributed by atoms with Gasteiger partial charge in [0.15, 0.2) is 0 Å². The van der Waals surface area contributed by atoms with E-state index < -0.39 is 60.2 Å². The second kappa shape index (κ2) is 39.9. The Morgan fingerprint density at radius 3 is 1.39 bits per heavy atom. The fourth-order valence-corrected chi connectivity index (χ4v) is 8.62. The van der Waals surface area contributed by atoms with Gasteiger partial charge < -0.3 is 5.11 Å². The van der Waals surface area contributed by atoms with Crippen molar-refractivity contribution in [3.8, 4) is 11.8 Å². The summed E-state index contributed by atoms with van der Waals surface area (Å²) in [5.74, 6) is 5.27. The zero-order valence-electron chi connectivity index (χ0n) is 35.0. The van der Waals surface area contributed by atoms with Crippen LogP contribution in [-0.2, 0) is 44.1 Å². The molecule has 13 nitrogen and oxygen atoms in total. The molecule has 318 valence electrons. The summed E-state index contributed by atoms with van der Waals surface area (Å²) in [7, 11) is -9.53. The van der Waals surface area contributed by atoms with E-state index in [1.807, 2.05) is 46.8 Å². The predicted octanol–water partition coefficient (Wildman–Crippen LogP) is 4.27. The molecule has 5 unspecified atom stereocenters. The third kappa shape index (κ3) is 65.3. The second-order valence-electron chi connectivity index (χ2n) is 12.7. The average molecular weight is 1120 g/mol. The molecule has 0 radical (unpaired) electrons. The molecule has 0 spiro atoms. The second-order valence-corrected chi connectivity index (χ2v) is 21.0. The van der Waals surface area contributed by atoms with Gasteiger partial charge in [-0.15, -0.1) is 30.5 Å². The van der Waals surface area contributed by atoms with E-state index in [0.29, 0.717) is 11.2 Å². The minimum atomic E-state index is -2.86. The Balaban J connectivity index is -0.000000111. The van der Waals surface area contributed by atoms with Crippen LogP contribution in [0, 0.1) is 29.6 Å². The zero-order chi connectivity index (χ0) is 44.5. The largest absolute Gasteiger partial charge is 1.00 e. The van der Waals surface area contributed by atoms with E-state index in [0.717, 1.165) is 12.8 Å². The summed E-state index contributed by atoms with van der Waals surface area (Å²) in [6, 6.07) is 0. The molecule has 0 saturated heterocycles. The van der Waals surface area contributed by atoms with Gasteiger partial charge in [-0.3, -0.25) is 18.8 Å². The molecular weight excluding hydrogens is 1050 g/mol. The van der Waals surface area contributed by atoms with Crippen LogP contribution in [0.2, 0.25) is 0 Å². The van der Waals surface area contributed by atoms with Gasteiger partial charge in [0.1, 0.15) is 29.7 Å². The van der Waals surface area contributed by atoms with Gasteiger partial charge in [-0.25, -0.2) is 28.0 Å². The van der Waals surface area contributed by atoms with Crippen LogP contribution < -0.4 is 71.9 Å². The van der Waals surface area contributed by atoms with Gasteiger partial charge in [-0.1, -0.05) is 92.5 Å². The van der Waals surface area contributed by atoms with Gasteiger partial charge in [0.05, 0.1) is 8.52 Å². The number of nitrogens with zero attached hydrogens (tertiary/aromatic N) is 3. The first-order valence-electron chi connectivity index (χ1n) is 16.6. The monoisotopic (exact) mass is 1120 g/mol. The van der Waals surface area contributed by atoms with E-state index in [-0.39, 0.29) is 91.2 Å². The average Bonchev–Trinajstić information content (AvgIpc) is 2.93. The van der Waals surface area contributed by atoms with E-state index in [1.165, 1.54) is 20.8 Å². The van der Waals surface area contributed by atoms with Crippen LogP contribution >= 0.6 is 60.1 Å². The molecular formula is C32H64Br4FKN6O7S3. The maximum Gasteiger partial charge on any atom is 1.00 e. The third-order valence-electron chi connectivity index (χ3n) is 4.95. The van der Waals surface area contributed by atoms with Crippen LogP contribution in [0.1, 0.15) is 104 Å². The number of carbonyl (C=O) groups excluding carboxylic acids is 3. The maximum atomic E-state index is 11.7. The number of nitrogens with two attached hydrogens (primary N) is 3. The molecule has 0 fully saturated rings. The van der Waals surface area contributed by atoms with Gasteiger partial charge in [0.2, 0.25) is 0 Å². The van der Waals surface area contributed by atoms with E-state index in [1.54, 1.807) is 27.7 Å². The molecule has 8 atom stereocenters. The molecule has 0 aliphatic heterocycles. The van der Waals surface area contributed by atoms with Crippen LogP contribution in [0.25, 0.3) is 0 Å². The minimum absolute atomic E-state index is 0. The summed E-state index contributed by atoms with van der Waals surface area (Å²) >= 11 is 12.5. The number of carbonyl (C=O) groups is 3. The summed E-state index contributed by atoms with van der Waals surface area (Å²) in [6.45, 7) is 20.1. The normalized spacial score (nSPS) is 16.4. The Kier molecular flexibility index (Phi) is 49.7. The van der Waals surface area contributed by atoms with Crippen molar-refractivity contribution >= 4 is 108 Å². The van der Waals surface area contributed by atoms with Crippen molar-refractivity contribution in [3.63, 3.8) is 0 Å². The Hall–Kier alpha value is 1.49. The quantitative estimate of drug-likeness (QED) is 0.111. The summed E-state index contributed by atoms with van der Waals surface area (Å²) in [5.41, 5.74) is -0.750. The van der Waals surface area contributed by atoms with Crippen LogP contribution in [0.3, 0.4) is 0 Å². The molecule has 0 aromatic carbocycles. The van der Waals surface area contributed by atoms with Crippen LogP contribution in [0.5, 0.6) is 0 Å². The van der Waals surface area contributed by atoms with Crippen LogP contribution in [0.15, 0.2) is 25.2 Å². The number of alkyl halides is 3. The molecule has 0 bridgehead atoms. The standard InChI is InChI=1S/C9H18Br2N2O2S.C9H18N2O2S.C9H16N2O2S.C4H9O.CH3F.Br2.K/c1-6(4-9(11)7(2)10)5-16(12,15)13-8(3)14;2*1-4-5-6-8(2)7-14(10,13)11-9(3)12;1-4(2,3)5;2*1-2;/h6-7,9H,4-5H2,1-3H3,(H2,12,13,14,15);4-5,8H,6-7H2,1-3H3,(H2,10,11,12,13);8H,6-7H2,1-3H3,(H2,10,11,12,13);1-3H3;1H3;;/q;;;-1;;;+1/b;5-4-;;;;;/t6-,7?,9?,16?;2*8-,14?;;;;/m000..../s1/i;;;;1D;;. The van der Waals surface area contributed by atoms with Crippen molar-refractivity contribution in [2.24, 2.45) is 46.3 Å². The number of hydrogen-bond acceptors (Lipinski definition) is 7. The van der Waals surface area contributed by atoms with E-state index >= 15 is 0 Å². The minimum Gasteiger partial charge on any atom is -0.850 e. The van der Waals surface area contributed by atoms with Gasteiger partial charge in [-0.2, -0.15) is 0 Å². The Morgan fingerprint density at radius 1 is 0.833 bits per heavy atom. The first-order chi connectivity index (χ1) is 24.3. The first-order valence-corrected chi connectivity index (χ1v) is 26.7. The van der Waals surface area contributed by atoms with Gasteiger partial charge in [0, 0.05) is 82.4 Å². The molecule has 0 rings (SSSR count). The predicted molar refractivity (Wildman–Crippen MR) is 236 cm³/mol. The first kappa shape index (κ1) is 67.3. The molecule has 0 aromatic heterocycles. The van der Waals surface area contributed by atoms with Crippen LogP contribution in [0.4, 0.5) is 4.39 Å².